The number of hydrogen-bond acceptors (Lipinski definition) is 4. The van der Waals surface area contributed by atoms with Crippen molar-refractivity contribution in [2.75, 3.05) is 0 Å². The van der Waals surface area contributed by atoms with Gasteiger partial charge in [-0.2, -0.15) is 0 Å². The van der Waals surface area contributed by atoms with Crippen molar-refractivity contribution in [2.45, 2.75) is 76.4 Å². The van der Waals surface area contributed by atoms with Gasteiger partial charge in [-0.15, -0.1) is 0 Å². The molecule has 0 bridgehead atoms. The van der Waals surface area contributed by atoms with Gasteiger partial charge in [0.1, 0.15) is 6.29 Å². The fraction of sp³-hybridized carbons (Fsp3) is 0.875. The molecule has 0 radical (unpaired) electrons. The summed E-state index contributed by atoms with van der Waals surface area (Å²) in [6.45, 7) is 4.60. The lowest BCUT2D eigenvalue weighted by Crippen LogP contribution is -2.41. The maximum absolute atomic E-state index is 10.9. The highest BCUT2D eigenvalue weighted by Crippen LogP contribution is 2.56. The molecule has 2 fully saturated rings. The van der Waals surface area contributed by atoms with Crippen LogP contribution in [0.5, 0.6) is 0 Å². The molecule has 0 aromatic heterocycles. The molecule has 0 saturated heterocycles. The Balaban J connectivity index is 1.70. The number of aliphatic carboxylic acids is 1. The minimum Gasteiger partial charge on any atom is -0.481 e. The lowest BCUT2D eigenvalue weighted by Gasteiger charge is -2.21. The van der Waals surface area contributed by atoms with Crippen LogP contribution >= 0.6 is 0 Å². The summed E-state index contributed by atoms with van der Waals surface area (Å²) in [7, 11) is 0. The third kappa shape index (κ3) is 4.04. The molecule has 120 valence electrons. The number of carbonyl (C=O) groups excluding carboxylic acids is 1. The van der Waals surface area contributed by atoms with E-state index in [1.54, 1.807) is 0 Å². The van der Waals surface area contributed by atoms with Crippen LogP contribution in [0.3, 0.4) is 0 Å². The second kappa shape index (κ2) is 6.05. The van der Waals surface area contributed by atoms with Crippen molar-refractivity contribution in [3.8, 4) is 0 Å². The molecule has 2 rings (SSSR count). The number of nitrogens with two attached hydrogens (primary N) is 1. The van der Waals surface area contributed by atoms with Gasteiger partial charge in [0.05, 0.1) is 12.5 Å². The predicted octanol–water partition coefficient (Wildman–Crippen LogP) is 1.69. The molecule has 4 N–H and O–H groups in total. The van der Waals surface area contributed by atoms with Crippen molar-refractivity contribution < 1.29 is 14.7 Å². The number of hydrogen-bond donors (Lipinski definition) is 3. The van der Waals surface area contributed by atoms with E-state index in [0.29, 0.717) is 11.7 Å². The minimum absolute atomic E-state index is 0.0845. The molecular weight excluding hydrogens is 268 g/mol. The first-order valence-corrected chi connectivity index (χ1v) is 8.03. The maximum Gasteiger partial charge on any atom is 0.305 e. The zero-order chi connectivity index (χ0) is 15.7. The maximum atomic E-state index is 10.9. The number of carboxylic acids is 1. The summed E-state index contributed by atoms with van der Waals surface area (Å²) in [5.41, 5.74) is 6.64. The molecule has 0 aromatic rings. The third-order valence-corrected chi connectivity index (χ3v) is 5.53. The normalized spacial score (nSPS) is 31.0. The first-order valence-electron chi connectivity index (χ1n) is 8.03. The number of aldehydes is 1. The Kier molecular flexibility index (Phi) is 4.73. The SMILES string of the molecule is CC(C)C1(CCCC2(N)CC2N[C@H](C=O)CC(=O)O)CC1. The van der Waals surface area contributed by atoms with Crippen molar-refractivity contribution >= 4 is 12.3 Å². The van der Waals surface area contributed by atoms with Crippen LogP contribution in [0.4, 0.5) is 0 Å². The quantitative estimate of drug-likeness (QED) is 0.534. The highest BCUT2D eigenvalue weighted by Gasteiger charge is 2.52. The molecule has 21 heavy (non-hydrogen) atoms. The second-order valence-corrected chi connectivity index (χ2v) is 7.37. The van der Waals surface area contributed by atoms with Gasteiger partial charge in [0.2, 0.25) is 0 Å². The van der Waals surface area contributed by atoms with Crippen LogP contribution in [-0.4, -0.2) is 35.0 Å². The van der Waals surface area contributed by atoms with E-state index in [9.17, 15) is 9.59 Å². The highest BCUT2D eigenvalue weighted by molar-refractivity contribution is 5.73. The second-order valence-electron chi connectivity index (χ2n) is 7.37. The fourth-order valence-corrected chi connectivity index (χ4v) is 3.46. The molecule has 2 unspecified atom stereocenters. The zero-order valence-electron chi connectivity index (χ0n) is 13.1. The smallest absolute Gasteiger partial charge is 0.305 e. The first kappa shape index (κ1) is 16.4. The summed E-state index contributed by atoms with van der Waals surface area (Å²) < 4.78 is 0. The van der Waals surface area contributed by atoms with Gasteiger partial charge < -0.3 is 21.0 Å². The van der Waals surface area contributed by atoms with E-state index in [2.05, 4.69) is 19.2 Å². The first-order chi connectivity index (χ1) is 9.81. The van der Waals surface area contributed by atoms with Gasteiger partial charge in [-0.25, -0.2) is 0 Å². The van der Waals surface area contributed by atoms with Crippen LogP contribution in [0.2, 0.25) is 0 Å². The van der Waals surface area contributed by atoms with E-state index in [0.717, 1.165) is 25.2 Å². The summed E-state index contributed by atoms with van der Waals surface area (Å²) in [4.78, 5) is 21.5. The highest BCUT2D eigenvalue weighted by atomic mass is 16.4. The average molecular weight is 296 g/mol. The fourth-order valence-electron chi connectivity index (χ4n) is 3.46. The summed E-state index contributed by atoms with van der Waals surface area (Å²) in [5.74, 6) is -0.218. The monoisotopic (exact) mass is 296 g/mol. The molecule has 2 aliphatic carbocycles. The Morgan fingerprint density at radius 2 is 2.10 bits per heavy atom. The molecule has 5 nitrogen and oxygen atoms in total. The van der Waals surface area contributed by atoms with Crippen LogP contribution in [0.1, 0.15) is 58.8 Å². The largest absolute Gasteiger partial charge is 0.481 e. The van der Waals surface area contributed by atoms with Gasteiger partial charge in [0.15, 0.2) is 0 Å². The van der Waals surface area contributed by atoms with Crippen LogP contribution < -0.4 is 11.1 Å². The average Bonchev–Trinajstić information content (AvgIpc) is 3.28. The Morgan fingerprint density at radius 3 is 2.57 bits per heavy atom. The Hall–Kier alpha value is -0.940. The zero-order valence-corrected chi connectivity index (χ0v) is 13.1. The molecule has 0 amide bonds. The number of carboxylic acid groups (broad SMARTS) is 1. The predicted molar refractivity (Wildman–Crippen MR) is 80.9 cm³/mol. The van der Waals surface area contributed by atoms with Crippen molar-refractivity contribution in [3.05, 3.63) is 0 Å². The van der Waals surface area contributed by atoms with Crippen LogP contribution in [0.15, 0.2) is 0 Å². The topological polar surface area (TPSA) is 92.4 Å². The standard InChI is InChI=1S/C16H28N2O3/c1-11(2)15(6-7-15)4-3-5-16(17)9-13(16)18-12(10-19)8-14(20)21/h10-13,18H,3-9,17H2,1-2H3,(H,20,21)/t12-,13?,16?/m0/s1. The molecule has 5 heteroatoms. The minimum atomic E-state index is -0.963. The van der Waals surface area contributed by atoms with Crippen LogP contribution in [0.25, 0.3) is 0 Å². The Labute approximate surface area is 126 Å². The number of rotatable bonds is 10. The van der Waals surface area contributed by atoms with Gasteiger partial charge in [0, 0.05) is 11.6 Å². The van der Waals surface area contributed by atoms with E-state index < -0.39 is 12.0 Å². The molecule has 0 aromatic carbocycles. The van der Waals surface area contributed by atoms with Gasteiger partial charge in [-0.05, 0) is 43.4 Å². The van der Waals surface area contributed by atoms with Crippen LogP contribution in [-0.2, 0) is 9.59 Å². The lowest BCUT2D eigenvalue weighted by atomic mass is 9.86. The van der Waals surface area contributed by atoms with E-state index in [4.69, 9.17) is 10.8 Å². The van der Waals surface area contributed by atoms with Gasteiger partial charge in [-0.1, -0.05) is 20.3 Å². The lowest BCUT2D eigenvalue weighted by molar-refractivity contribution is -0.138. The molecule has 0 heterocycles. The molecule has 2 aliphatic rings. The Morgan fingerprint density at radius 1 is 1.43 bits per heavy atom. The molecule has 3 atom stereocenters. The molecule has 2 saturated carbocycles. The van der Waals surface area contributed by atoms with Crippen molar-refractivity contribution in [1.29, 1.82) is 0 Å². The summed E-state index contributed by atoms with van der Waals surface area (Å²) in [5, 5.41) is 11.8. The van der Waals surface area contributed by atoms with E-state index in [1.807, 2.05) is 0 Å². The summed E-state index contributed by atoms with van der Waals surface area (Å²) in [6, 6.07) is -0.537. The molecule has 0 spiro atoms. The summed E-state index contributed by atoms with van der Waals surface area (Å²) >= 11 is 0. The third-order valence-electron chi connectivity index (χ3n) is 5.53. The Bertz CT molecular complexity index is 406. The molecular formula is C16H28N2O3. The van der Waals surface area contributed by atoms with E-state index >= 15 is 0 Å². The van der Waals surface area contributed by atoms with Crippen molar-refractivity contribution in [3.63, 3.8) is 0 Å². The number of carbonyl (C=O) groups is 2. The van der Waals surface area contributed by atoms with E-state index in [-0.39, 0.29) is 18.0 Å². The van der Waals surface area contributed by atoms with Crippen LogP contribution in [0, 0.1) is 11.3 Å². The van der Waals surface area contributed by atoms with Gasteiger partial charge >= 0.3 is 5.97 Å². The van der Waals surface area contributed by atoms with Crippen molar-refractivity contribution in [1.82, 2.24) is 5.32 Å². The van der Waals surface area contributed by atoms with Gasteiger partial charge in [0.25, 0.3) is 0 Å². The summed E-state index contributed by atoms with van der Waals surface area (Å²) in [6.07, 6.45) is 7.34. The van der Waals surface area contributed by atoms with Crippen molar-refractivity contribution in [2.24, 2.45) is 17.1 Å². The number of nitrogens with one attached hydrogen (secondary N) is 1. The van der Waals surface area contributed by atoms with Gasteiger partial charge in [-0.3, -0.25) is 4.79 Å². The molecule has 0 aliphatic heterocycles. The van der Waals surface area contributed by atoms with E-state index in [1.165, 1.54) is 19.3 Å².